The number of phenols is 1. The molecule has 0 radical (unpaired) electrons. The van der Waals surface area contributed by atoms with Gasteiger partial charge in [-0.25, -0.2) is 0 Å². The van der Waals surface area contributed by atoms with Crippen molar-refractivity contribution in [3.05, 3.63) is 48.0 Å². The zero-order valence-corrected chi connectivity index (χ0v) is 10.2. The van der Waals surface area contributed by atoms with Crippen LogP contribution in [-0.2, 0) is 5.88 Å². The van der Waals surface area contributed by atoms with Crippen LogP contribution in [0.4, 0.5) is 0 Å². The van der Waals surface area contributed by atoms with E-state index in [-0.39, 0.29) is 11.6 Å². The van der Waals surface area contributed by atoms with Gasteiger partial charge in [0.2, 0.25) is 0 Å². The molecule has 5 heteroatoms. The van der Waals surface area contributed by atoms with E-state index >= 15 is 0 Å². The minimum atomic E-state index is 0.118. The molecule has 2 aromatic carbocycles. The van der Waals surface area contributed by atoms with E-state index in [9.17, 15) is 5.11 Å². The van der Waals surface area contributed by atoms with Gasteiger partial charge >= 0.3 is 0 Å². The van der Waals surface area contributed by atoms with Gasteiger partial charge in [-0.3, -0.25) is 0 Å². The number of hydrogen-bond donors (Lipinski definition) is 1. The Bertz CT molecular complexity index is 675. The predicted octanol–water partition coefficient (Wildman–Crippen LogP) is 2.86. The van der Waals surface area contributed by atoms with Crippen LogP contribution >= 0.6 is 11.6 Å². The van der Waals surface area contributed by atoms with Crippen LogP contribution in [0, 0.1) is 0 Å². The van der Waals surface area contributed by atoms with Gasteiger partial charge in [0.05, 0.1) is 5.88 Å². The van der Waals surface area contributed by atoms with Crippen LogP contribution in [0.25, 0.3) is 16.7 Å². The van der Waals surface area contributed by atoms with E-state index in [1.165, 1.54) is 4.80 Å². The van der Waals surface area contributed by atoms with Crippen LogP contribution < -0.4 is 0 Å². The van der Waals surface area contributed by atoms with Crippen LogP contribution in [0.5, 0.6) is 5.75 Å². The molecule has 0 atom stereocenters. The maximum atomic E-state index is 10.1. The third-order valence-corrected chi connectivity index (χ3v) is 3.03. The third kappa shape index (κ3) is 1.71. The molecule has 0 aliphatic rings. The number of rotatable bonds is 2. The van der Waals surface area contributed by atoms with Crippen molar-refractivity contribution >= 4 is 22.6 Å². The summed E-state index contributed by atoms with van der Waals surface area (Å²) in [5.74, 6) is 0.369. The lowest BCUT2D eigenvalue weighted by molar-refractivity contribution is 0.463. The standard InChI is InChI=1S/C13H10ClN3O/c14-8-9-4-3-7-12(13(9)18)17-15-10-5-1-2-6-11(10)16-17/h1-7,18H,8H2. The summed E-state index contributed by atoms with van der Waals surface area (Å²) in [6.45, 7) is 0. The molecule has 3 rings (SSSR count). The smallest absolute Gasteiger partial charge is 0.147 e. The summed E-state index contributed by atoms with van der Waals surface area (Å²) in [5.41, 5.74) is 2.77. The number of fused-ring (bicyclic) bond motifs is 1. The molecule has 0 fully saturated rings. The molecule has 4 nitrogen and oxygen atoms in total. The molecule has 1 aromatic heterocycles. The summed E-state index contributed by atoms with van der Waals surface area (Å²) in [7, 11) is 0. The van der Waals surface area contributed by atoms with Crippen LogP contribution in [0.15, 0.2) is 42.5 Å². The van der Waals surface area contributed by atoms with Crippen molar-refractivity contribution < 1.29 is 5.11 Å². The average Bonchev–Trinajstić information content (AvgIpc) is 2.82. The number of hydrogen-bond acceptors (Lipinski definition) is 3. The Morgan fingerprint density at radius 3 is 2.28 bits per heavy atom. The molecule has 3 aromatic rings. The second kappa shape index (κ2) is 4.31. The molecule has 0 aliphatic heterocycles. The van der Waals surface area contributed by atoms with Crippen molar-refractivity contribution in [1.82, 2.24) is 15.0 Å². The van der Waals surface area contributed by atoms with E-state index in [0.29, 0.717) is 11.3 Å². The molecule has 90 valence electrons. The quantitative estimate of drug-likeness (QED) is 0.720. The minimum Gasteiger partial charge on any atom is -0.505 e. The largest absolute Gasteiger partial charge is 0.505 e. The van der Waals surface area contributed by atoms with Crippen LogP contribution in [0.3, 0.4) is 0 Å². The average molecular weight is 260 g/mol. The lowest BCUT2D eigenvalue weighted by atomic mass is 10.2. The summed E-state index contributed by atoms with van der Waals surface area (Å²) in [6, 6.07) is 12.9. The van der Waals surface area contributed by atoms with Gasteiger partial charge in [-0.1, -0.05) is 24.3 Å². The molecule has 0 spiro atoms. The second-order valence-corrected chi connectivity index (χ2v) is 4.16. The van der Waals surface area contributed by atoms with Gasteiger partial charge in [-0.15, -0.1) is 26.6 Å². The lowest BCUT2D eigenvalue weighted by Crippen LogP contribution is -2.00. The highest BCUT2D eigenvalue weighted by molar-refractivity contribution is 6.17. The Balaban J connectivity index is 2.20. The SMILES string of the molecule is Oc1c(CCl)cccc1-n1nc2ccccc2n1. The fraction of sp³-hybridized carbons (Fsp3) is 0.0769. The molecular formula is C13H10ClN3O. The van der Waals surface area contributed by atoms with Crippen LogP contribution in [0.1, 0.15) is 5.56 Å². The van der Waals surface area contributed by atoms with Crippen LogP contribution in [0.2, 0.25) is 0 Å². The van der Waals surface area contributed by atoms with Crippen molar-refractivity contribution in [2.75, 3.05) is 0 Å². The van der Waals surface area contributed by atoms with Gasteiger partial charge in [0.15, 0.2) is 0 Å². The molecule has 0 saturated heterocycles. The first-order valence-electron chi connectivity index (χ1n) is 5.49. The van der Waals surface area contributed by atoms with Gasteiger partial charge in [0.1, 0.15) is 22.5 Å². The molecule has 0 bridgehead atoms. The number of para-hydroxylation sites is 1. The highest BCUT2D eigenvalue weighted by Gasteiger charge is 2.11. The van der Waals surface area contributed by atoms with Crippen LogP contribution in [-0.4, -0.2) is 20.1 Å². The first-order valence-corrected chi connectivity index (χ1v) is 6.02. The maximum Gasteiger partial charge on any atom is 0.147 e. The zero-order chi connectivity index (χ0) is 12.5. The molecule has 0 unspecified atom stereocenters. The number of phenolic OH excluding ortho intramolecular Hbond substituents is 1. The van der Waals surface area contributed by atoms with Crippen molar-refractivity contribution in [2.45, 2.75) is 5.88 Å². The van der Waals surface area contributed by atoms with Gasteiger partial charge < -0.3 is 5.11 Å². The van der Waals surface area contributed by atoms with Crippen molar-refractivity contribution in [3.8, 4) is 11.4 Å². The number of halogens is 1. The fourth-order valence-corrected chi connectivity index (χ4v) is 2.03. The van der Waals surface area contributed by atoms with E-state index in [2.05, 4.69) is 10.2 Å². The first-order chi connectivity index (χ1) is 8.79. The second-order valence-electron chi connectivity index (χ2n) is 3.90. The summed E-state index contributed by atoms with van der Waals surface area (Å²) >= 11 is 5.76. The summed E-state index contributed by atoms with van der Waals surface area (Å²) in [5, 5.41) is 18.7. The number of nitrogens with zero attached hydrogens (tertiary/aromatic N) is 3. The molecule has 0 aliphatic carbocycles. The highest BCUT2D eigenvalue weighted by Crippen LogP contribution is 2.26. The van der Waals surface area contributed by atoms with E-state index in [4.69, 9.17) is 11.6 Å². The Labute approximate surface area is 108 Å². The van der Waals surface area contributed by atoms with Gasteiger partial charge in [0, 0.05) is 5.56 Å². The molecule has 18 heavy (non-hydrogen) atoms. The normalized spacial score (nSPS) is 10.9. The van der Waals surface area contributed by atoms with Gasteiger partial charge in [0.25, 0.3) is 0 Å². The number of benzene rings is 2. The monoisotopic (exact) mass is 259 g/mol. The topological polar surface area (TPSA) is 50.9 Å². The molecule has 1 N–H and O–H groups in total. The number of aromatic hydroxyl groups is 1. The Kier molecular flexibility index (Phi) is 2.64. The van der Waals surface area contributed by atoms with E-state index in [1.807, 2.05) is 30.3 Å². The highest BCUT2D eigenvalue weighted by atomic mass is 35.5. The Hall–Kier alpha value is -2.07. The third-order valence-electron chi connectivity index (χ3n) is 2.74. The van der Waals surface area contributed by atoms with Gasteiger partial charge in [-0.05, 0) is 18.2 Å². The Morgan fingerprint density at radius 1 is 1.00 bits per heavy atom. The van der Waals surface area contributed by atoms with Crippen molar-refractivity contribution in [2.24, 2.45) is 0 Å². The zero-order valence-electron chi connectivity index (χ0n) is 9.42. The summed E-state index contributed by atoms with van der Waals surface area (Å²) < 4.78 is 0. The number of aromatic nitrogens is 3. The summed E-state index contributed by atoms with van der Waals surface area (Å²) in [6.07, 6.45) is 0. The first kappa shape index (κ1) is 11.0. The van der Waals surface area contributed by atoms with Gasteiger partial charge in [-0.2, -0.15) is 0 Å². The summed E-state index contributed by atoms with van der Waals surface area (Å²) in [4.78, 5) is 1.43. The lowest BCUT2D eigenvalue weighted by Gasteiger charge is -2.05. The maximum absolute atomic E-state index is 10.1. The van der Waals surface area contributed by atoms with Crippen molar-refractivity contribution in [3.63, 3.8) is 0 Å². The van der Waals surface area contributed by atoms with E-state index < -0.39 is 0 Å². The van der Waals surface area contributed by atoms with E-state index in [0.717, 1.165) is 11.0 Å². The number of alkyl halides is 1. The van der Waals surface area contributed by atoms with E-state index in [1.54, 1.807) is 12.1 Å². The fourth-order valence-electron chi connectivity index (χ4n) is 1.81. The minimum absolute atomic E-state index is 0.118. The molecule has 0 amide bonds. The van der Waals surface area contributed by atoms with Crippen molar-refractivity contribution in [1.29, 1.82) is 0 Å². The molecular weight excluding hydrogens is 250 g/mol. The Morgan fingerprint density at radius 2 is 1.67 bits per heavy atom. The predicted molar refractivity (Wildman–Crippen MR) is 70.1 cm³/mol. The molecule has 1 heterocycles. The molecule has 0 saturated carbocycles.